The molecule has 0 aliphatic rings. The molecule has 0 aliphatic carbocycles. The molecule has 0 bridgehead atoms. The van der Waals surface area contributed by atoms with Crippen LogP contribution in [0.2, 0.25) is 0 Å². The standard InChI is InChI=1S/C7H13N5S/c1-5(4-13-9)12-7-10-2-6(8)3-11-7/h2-3,5H,4,8-9H2,1H3,(H,10,11,12). The summed E-state index contributed by atoms with van der Waals surface area (Å²) in [6, 6.07) is 0.249. The molecule has 0 aromatic carbocycles. The first kappa shape index (κ1) is 10.1. The Morgan fingerprint density at radius 2 is 2.15 bits per heavy atom. The van der Waals surface area contributed by atoms with Crippen LogP contribution in [0.25, 0.3) is 0 Å². The van der Waals surface area contributed by atoms with E-state index in [-0.39, 0.29) is 6.04 Å². The predicted octanol–water partition coefficient (Wildman–Crippen LogP) is 0.466. The van der Waals surface area contributed by atoms with E-state index in [1.54, 1.807) is 12.4 Å². The molecule has 13 heavy (non-hydrogen) atoms. The van der Waals surface area contributed by atoms with Crippen LogP contribution in [-0.2, 0) is 0 Å². The highest BCUT2D eigenvalue weighted by Crippen LogP contribution is 2.04. The van der Waals surface area contributed by atoms with E-state index in [4.69, 9.17) is 10.9 Å². The quantitative estimate of drug-likeness (QED) is 0.611. The fourth-order valence-corrected chi connectivity index (χ4v) is 1.19. The van der Waals surface area contributed by atoms with E-state index in [9.17, 15) is 0 Å². The number of anilines is 2. The molecule has 1 aromatic rings. The molecule has 1 atom stereocenters. The maximum absolute atomic E-state index is 5.44. The number of nitrogens with zero attached hydrogens (tertiary/aromatic N) is 2. The van der Waals surface area contributed by atoms with E-state index in [0.29, 0.717) is 11.6 Å². The summed E-state index contributed by atoms with van der Waals surface area (Å²) in [5.41, 5.74) is 6.00. The van der Waals surface area contributed by atoms with Gasteiger partial charge in [-0.1, -0.05) is 11.9 Å². The third-order valence-electron chi connectivity index (χ3n) is 1.39. The van der Waals surface area contributed by atoms with Crippen molar-refractivity contribution in [3.05, 3.63) is 12.4 Å². The van der Waals surface area contributed by atoms with Gasteiger partial charge in [0.15, 0.2) is 0 Å². The molecule has 1 heterocycles. The van der Waals surface area contributed by atoms with Crippen molar-refractivity contribution >= 4 is 23.6 Å². The van der Waals surface area contributed by atoms with Crippen LogP contribution < -0.4 is 16.2 Å². The van der Waals surface area contributed by atoms with Crippen molar-refractivity contribution in [2.45, 2.75) is 13.0 Å². The Morgan fingerprint density at radius 3 is 2.69 bits per heavy atom. The second-order valence-electron chi connectivity index (χ2n) is 2.72. The molecule has 72 valence electrons. The van der Waals surface area contributed by atoms with Gasteiger partial charge < -0.3 is 11.1 Å². The Kier molecular flexibility index (Phi) is 3.78. The Balaban J connectivity index is 2.49. The molecule has 1 rings (SSSR count). The maximum atomic E-state index is 5.44. The molecule has 6 heteroatoms. The van der Waals surface area contributed by atoms with Crippen molar-refractivity contribution in [3.8, 4) is 0 Å². The Labute approximate surface area is 81.5 Å². The van der Waals surface area contributed by atoms with Crippen LogP contribution in [0.15, 0.2) is 12.4 Å². The molecule has 0 amide bonds. The van der Waals surface area contributed by atoms with Crippen molar-refractivity contribution in [1.29, 1.82) is 0 Å². The topological polar surface area (TPSA) is 89.8 Å². The number of hydrogen-bond donors (Lipinski definition) is 3. The van der Waals surface area contributed by atoms with Gasteiger partial charge in [-0.15, -0.1) is 0 Å². The molecule has 0 saturated carbocycles. The first-order valence-corrected chi connectivity index (χ1v) is 4.93. The number of nitrogens with one attached hydrogen (secondary N) is 1. The van der Waals surface area contributed by atoms with E-state index in [2.05, 4.69) is 15.3 Å². The van der Waals surface area contributed by atoms with Crippen molar-refractivity contribution in [1.82, 2.24) is 9.97 Å². The zero-order chi connectivity index (χ0) is 9.68. The summed E-state index contributed by atoms with van der Waals surface area (Å²) in [6.07, 6.45) is 3.13. The highest BCUT2D eigenvalue weighted by atomic mass is 32.2. The average Bonchev–Trinajstić information content (AvgIpc) is 2.09. The van der Waals surface area contributed by atoms with E-state index in [0.717, 1.165) is 5.75 Å². The number of aromatic nitrogens is 2. The third kappa shape index (κ3) is 3.47. The molecule has 0 radical (unpaired) electrons. The molecule has 0 aliphatic heterocycles. The van der Waals surface area contributed by atoms with Gasteiger partial charge >= 0.3 is 0 Å². The molecular formula is C7H13N5S. The monoisotopic (exact) mass is 199 g/mol. The summed E-state index contributed by atoms with van der Waals surface area (Å²) in [5, 5.41) is 8.41. The van der Waals surface area contributed by atoms with Crippen LogP contribution in [-0.4, -0.2) is 21.8 Å². The van der Waals surface area contributed by atoms with E-state index in [1.807, 2.05) is 6.92 Å². The van der Waals surface area contributed by atoms with Gasteiger partial charge in [-0.3, -0.25) is 5.14 Å². The molecule has 0 fully saturated rings. The summed E-state index contributed by atoms with van der Waals surface area (Å²) in [6.45, 7) is 2.01. The Morgan fingerprint density at radius 1 is 1.54 bits per heavy atom. The van der Waals surface area contributed by atoms with Gasteiger partial charge in [0.05, 0.1) is 18.1 Å². The lowest BCUT2D eigenvalue weighted by Gasteiger charge is -2.11. The first-order valence-electron chi connectivity index (χ1n) is 3.88. The highest BCUT2D eigenvalue weighted by molar-refractivity contribution is 7.97. The summed E-state index contributed by atoms with van der Waals surface area (Å²) in [4.78, 5) is 8.01. The van der Waals surface area contributed by atoms with E-state index < -0.39 is 0 Å². The first-order chi connectivity index (χ1) is 6.22. The number of rotatable bonds is 4. The van der Waals surface area contributed by atoms with Crippen molar-refractivity contribution in [3.63, 3.8) is 0 Å². The molecule has 5 nitrogen and oxygen atoms in total. The zero-order valence-corrected chi connectivity index (χ0v) is 8.21. The second-order valence-corrected chi connectivity index (χ2v) is 3.39. The lowest BCUT2D eigenvalue weighted by molar-refractivity contribution is 0.887. The van der Waals surface area contributed by atoms with Crippen molar-refractivity contribution in [2.24, 2.45) is 5.14 Å². The van der Waals surface area contributed by atoms with E-state index >= 15 is 0 Å². The molecular weight excluding hydrogens is 186 g/mol. The van der Waals surface area contributed by atoms with Crippen LogP contribution in [0.4, 0.5) is 11.6 Å². The van der Waals surface area contributed by atoms with Gasteiger partial charge in [-0.05, 0) is 6.92 Å². The van der Waals surface area contributed by atoms with Gasteiger partial charge in [-0.25, -0.2) is 9.97 Å². The molecule has 5 N–H and O–H groups in total. The fraction of sp³-hybridized carbons (Fsp3) is 0.429. The minimum absolute atomic E-state index is 0.249. The van der Waals surface area contributed by atoms with Crippen LogP contribution in [0.5, 0.6) is 0 Å². The SMILES string of the molecule is CC(CSN)Nc1ncc(N)cn1. The lowest BCUT2D eigenvalue weighted by Crippen LogP contribution is -2.20. The van der Waals surface area contributed by atoms with Gasteiger partial charge in [0.1, 0.15) is 0 Å². The normalized spacial score (nSPS) is 12.5. The number of hydrogen-bond acceptors (Lipinski definition) is 6. The van der Waals surface area contributed by atoms with Crippen molar-refractivity contribution in [2.75, 3.05) is 16.8 Å². The van der Waals surface area contributed by atoms with Crippen LogP contribution in [0, 0.1) is 0 Å². The van der Waals surface area contributed by atoms with Crippen LogP contribution in [0.3, 0.4) is 0 Å². The maximum Gasteiger partial charge on any atom is 0.222 e. The molecule has 0 saturated heterocycles. The second kappa shape index (κ2) is 4.88. The van der Waals surface area contributed by atoms with Crippen LogP contribution in [0.1, 0.15) is 6.92 Å². The summed E-state index contributed by atoms with van der Waals surface area (Å²) in [7, 11) is 0. The van der Waals surface area contributed by atoms with Crippen LogP contribution >= 0.6 is 11.9 Å². The van der Waals surface area contributed by atoms with Gasteiger partial charge in [-0.2, -0.15) is 0 Å². The molecule has 1 aromatic heterocycles. The molecule has 0 spiro atoms. The summed E-state index contributed by atoms with van der Waals surface area (Å²) < 4.78 is 0. The smallest absolute Gasteiger partial charge is 0.222 e. The lowest BCUT2D eigenvalue weighted by atomic mass is 10.4. The minimum Gasteiger partial charge on any atom is -0.396 e. The number of nitrogens with two attached hydrogens (primary N) is 2. The predicted molar refractivity (Wildman–Crippen MR) is 56.2 cm³/mol. The Bertz CT molecular complexity index is 250. The third-order valence-corrected chi connectivity index (χ3v) is 2.09. The molecule has 1 unspecified atom stereocenters. The van der Waals surface area contributed by atoms with Gasteiger partial charge in [0.25, 0.3) is 0 Å². The largest absolute Gasteiger partial charge is 0.396 e. The summed E-state index contributed by atoms with van der Waals surface area (Å²) in [5.74, 6) is 1.39. The highest BCUT2D eigenvalue weighted by Gasteiger charge is 2.02. The fourth-order valence-electron chi connectivity index (χ4n) is 0.819. The minimum atomic E-state index is 0.249. The van der Waals surface area contributed by atoms with Gasteiger partial charge in [0.2, 0.25) is 5.95 Å². The van der Waals surface area contributed by atoms with Crippen molar-refractivity contribution < 1.29 is 0 Å². The summed E-state index contributed by atoms with van der Waals surface area (Å²) >= 11 is 1.29. The number of nitrogen functional groups attached to an aromatic ring is 1. The van der Waals surface area contributed by atoms with Gasteiger partial charge in [0, 0.05) is 11.8 Å². The van der Waals surface area contributed by atoms with E-state index in [1.165, 1.54) is 11.9 Å². The Hall–Kier alpha value is -1.01. The zero-order valence-electron chi connectivity index (χ0n) is 7.40. The average molecular weight is 199 g/mol.